The molecule has 0 spiro atoms. The molecular formula is C15H17BrN2O. The van der Waals surface area contributed by atoms with Crippen LogP contribution in [0.25, 0.3) is 0 Å². The maximum Gasteiger partial charge on any atom is 0.134 e. The molecule has 0 amide bonds. The average molecular weight is 321 g/mol. The quantitative estimate of drug-likeness (QED) is 0.898. The van der Waals surface area contributed by atoms with Crippen LogP contribution in [0.15, 0.2) is 46.9 Å². The van der Waals surface area contributed by atoms with Crippen LogP contribution in [0, 0.1) is 0 Å². The third kappa shape index (κ3) is 3.41. The Morgan fingerprint density at radius 1 is 1.16 bits per heavy atom. The highest BCUT2D eigenvalue weighted by atomic mass is 79.9. The zero-order chi connectivity index (χ0) is 13.8. The average Bonchev–Trinajstić information content (AvgIpc) is 2.41. The van der Waals surface area contributed by atoms with Crippen molar-refractivity contribution < 1.29 is 5.11 Å². The molecular weight excluding hydrogens is 304 g/mol. The summed E-state index contributed by atoms with van der Waals surface area (Å²) < 4.78 is 0.717. The Morgan fingerprint density at radius 3 is 2.63 bits per heavy atom. The van der Waals surface area contributed by atoms with E-state index >= 15 is 0 Å². The van der Waals surface area contributed by atoms with Crippen molar-refractivity contribution in [1.29, 1.82) is 0 Å². The Hall–Kier alpha value is -1.68. The first-order valence-corrected chi connectivity index (χ1v) is 6.85. The maximum atomic E-state index is 9.92. The largest absolute Gasteiger partial charge is 0.506 e. The highest BCUT2D eigenvalue weighted by Gasteiger charge is 2.04. The third-order valence-electron chi connectivity index (χ3n) is 2.92. The number of para-hydroxylation sites is 1. The van der Waals surface area contributed by atoms with Gasteiger partial charge in [0.25, 0.3) is 0 Å². The second-order valence-electron chi connectivity index (χ2n) is 4.55. The zero-order valence-electron chi connectivity index (χ0n) is 11.0. The molecule has 4 heteroatoms. The number of hydrogen-bond acceptors (Lipinski definition) is 3. The number of phenolic OH excluding ortho intramolecular Hbond substituents is 1. The molecule has 2 rings (SSSR count). The minimum atomic E-state index is 0.291. The smallest absolute Gasteiger partial charge is 0.134 e. The number of nitrogens with zero attached hydrogens (tertiary/aromatic N) is 1. The van der Waals surface area contributed by atoms with Crippen LogP contribution in [0.3, 0.4) is 0 Å². The summed E-state index contributed by atoms with van der Waals surface area (Å²) in [6.07, 6.45) is 0. The van der Waals surface area contributed by atoms with Gasteiger partial charge in [-0.25, -0.2) is 0 Å². The first-order chi connectivity index (χ1) is 9.08. The molecule has 0 atom stereocenters. The fraction of sp³-hybridized carbons (Fsp3) is 0.200. The van der Waals surface area contributed by atoms with Crippen molar-refractivity contribution in [2.24, 2.45) is 0 Å². The first kappa shape index (κ1) is 13.7. The lowest BCUT2D eigenvalue weighted by molar-refractivity contribution is 0.465. The van der Waals surface area contributed by atoms with Crippen LogP contribution in [0.2, 0.25) is 0 Å². The van der Waals surface area contributed by atoms with Crippen LogP contribution < -0.4 is 10.2 Å². The van der Waals surface area contributed by atoms with Gasteiger partial charge in [0.2, 0.25) is 0 Å². The summed E-state index contributed by atoms with van der Waals surface area (Å²) in [5, 5.41) is 13.2. The van der Waals surface area contributed by atoms with Crippen molar-refractivity contribution in [3.63, 3.8) is 0 Å². The monoisotopic (exact) mass is 320 g/mol. The van der Waals surface area contributed by atoms with Gasteiger partial charge in [-0.1, -0.05) is 18.2 Å². The van der Waals surface area contributed by atoms with Crippen molar-refractivity contribution in [2.45, 2.75) is 6.54 Å². The van der Waals surface area contributed by atoms with E-state index in [0.717, 1.165) is 16.9 Å². The molecule has 0 heterocycles. The lowest BCUT2D eigenvalue weighted by Crippen LogP contribution is -2.09. The van der Waals surface area contributed by atoms with Crippen LogP contribution in [0.4, 0.5) is 11.4 Å². The van der Waals surface area contributed by atoms with Gasteiger partial charge in [0, 0.05) is 37.6 Å². The van der Waals surface area contributed by atoms with Gasteiger partial charge in [0.05, 0.1) is 4.47 Å². The van der Waals surface area contributed by atoms with Gasteiger partial charge in [-0.05, 0) is 40.2 Å². The van der Waals surface area contributed by atoms with Crippen molar-refractivity contribution in [2.75, 3.05) is 24.3 Å². The normalized spacial score (nSPS) is 10.3. The standard InChI is InChI=1S/C15H17BrN2O/c1-18(2)13-7-4-6-12(9-13)17-10-11-5-3-8-14(16)15(11)19/h3-9,17,19H,10H2,1-2H3. The molecule has 100 valence electrons. The Bertz CT molecular complexity index is 570. The number of benzene rings is 2. The SMILES string of the molecule is CN(C)c1cccc(NCc2cccc(Br)c2O)c1. The van der Waals surface area contributed by atoms with Gasteiger partial charge in [0.1, 0.15) is 5.75 Å². The molecule has 0 radical (unpaired) electrons. The predicted molar refractivity (Wildman–Crippen MR) is 83.9 cm³/mol. The lowest BCUT2D eigenvalue weighted by Gasteiger charge is -2.15. The van der Waals surface area contributed by atoms with E-state index in [1.165, 1.54) is 0 Å². The van der Waals surface area contributed by atoms with Crippen LogP contribution in [-0.4, -0.2) is 19.2 Å². The van der Waals surface area contributed by atoms with Gasteiger partial charge >= 0.3 is 0 Å². The summed E-state index contributed by atoms with van der Waals surface area (Å²) in [6.45, 7) is 0.585. The van der Waals surface area contributed by atoms with E-state index in [1.54, 1.807) is 0 Å². The minimum Gasteiger partial charge on any atom is -0.506 e. The molecule has 0 saturated heterocycles. The topological polar surface area (TPSA) is 35.5 Å². The molecule has 0 aliphatic carbocycles. The van der Waals surface area contributed by atoms with E-state index in [9.17, 15) is 5.11 Å². The molecule has 0 aliphatic heterocycles. The number of nitrogens with one attached hydrogen (secondary N) is 1. The van der Waals surface area contributed by atoms with Crippen molar-refractivity contribution in [3.05, 3.63) is 52.5 Å². The molecule has 2 aromatic carbocycles. The zero-order valence-corrected chi connectivity index (χ0v) is 12.6. The highest BCUT2D eigenvalue weighted by Crippen LogP contribution is 2.28. The molecule has 19 heavy (non-hydrogen) atoms. The Kier molecular flexibility index (Phi) is 4.32. The van der Waals surface area contributed by atoms with Crippen molar-refractivity contribution in [1.82, 2.24) is 0 Å². The highest BCUT2D eigenvalue weighted by molar-refractivity contribution is 9.10. The minimum absolute atomic E-state index is 0.291. The van der Waals surface area contributed by atoms with E-state index < -0.39 is 0 Å². The van der Waals surface area contributed by atoms with Crippen LogP contribution in [0.5, 0.6) is 5.75 Å². The fourth-order valence-electron chi connectivity index (χ4n) is 1.79. The summed E-state index contributed by atoms with van der Waals surface area (Å²) >= 11 is 3.32. The van der Waals surface area contributed by atoms with E-state index in [2.05, 4.69) is 38.3 Å². The van der Waals surface area contributed by atoms with Gasteiger partial charge in [-0.3, -0.25) is 0 Å². The molecule has 0 fully saturated rings. The van der Waals surface area contributed by atoms with Crippen LogP contribution in [-0.2, 0) is 6.54 Å². The van der Waals surface area contributed by atoms with Gasteiger partial charge in [0.15, 0.2) is 0 Å². The molecule has 0 saturated carbocycles. The lowest BCUT2D eigenvalue weighted by atomic mass is 10.2. The second kappa shape index (κ2) is 5.97. The molecule has 3 nitrogen and oxygen atoms in total. The number of phenols is 1. The number of halogens is 1. The number of anilines is 2. The van der Waals surface area contributed by atoms with Gasteiger partial charge < -0.3 is 15.3 Å². The Labute approximate surface area is 122 Å². The molecule has 2 aromatic rings. The first-order valence-electron chi connectivity index (χ1n) is 6.05. The van der Waals surface area contributed by atoms with E-state index in [0.29, 0.717) is 16.8 Å². The number of hydrogen-bond donors (Lipinski definition) is 2. The summed E-state index contributed by atoms with van der Waals surface area (Å²) in [6, 6.07) is 13.8. The van der Waals surface area contributed by atoms with Gasteiger partial charge in [-0.15, -0.1) is 0 Å². The summed E-state index contributed by atoms with van der Waals surface area (Å²) in [4.78, 5) is 2.06. The van der Waals surface area contributed by atoms with Crippen LogP contribution >= 0.6 is 15.9 Å². The maximum absolute atomic E-state index is 9.92. The summed E-state index contributed by atoms with van der Waals surface area (Å²) in [7, 11) is 4.03. The molecule has 0 aliphatic rings. The van der Waals surface area contributed by atoms with Crippen molar-refractivity contribution in [3.8, 4) is 5.75 Å². The van der Waals surface area contributed by atoms with E-state index in [1.807, 2.05) is 44.4 Å². The van der Waals surface area contributed by atoms with Crippen LogP contribution in [0.1, 0.15) is 5.56 Å². The van der Waals surface area contributed by atoms with Gasteiger partial charge in [-0.2, -0.15) is 0 Å². The summed E-state index contributed by atoms with van der Waals surface area (Å²) in [5.74, 6) is 0.291. The molecule has 0 bridgehead atoms. The molecule has 0 unspecified atom stereocenters. The van der Waals surface area contributed by atoms with E-state index in [4.69, 9.17) is 0 Å². The number of aromatic hydroxyl groups is 1. The predicted octanol–water partition coefficient (Wildman–Crippen LogP) is 3.83. The second-order valence-corrected chi connectivity index (χ2v) is 5.40. The summed E-state index contributed by atoms with van der Waals surface area (Å²) in [5.41, 5.74) is 3.04. The Morgan fingerprint density at radius 2 is 1.89 bits per heavy atom. The number of rotatable bonds is 4. The van der Waals surface area contributed by atoms with Crippen molar-refractivity contribution >= 4 is 27.3 Å². The Balaban J connectivity index is 2.10. The van der Waals surface area contributed by atoms with E-state index in [-0.39, 0.29) is 0 Å². The molecule has 2 N–H and O–H groups in total. The third-order valence-corrected chi connectivity index (χ3v) is 3.56. The molecule has 0 aromatic heterocycles. The fourth-order valence-corrected chi connectivity index (χ4v) is 2.20.